The molecule has 0 saturated carbocycles. The molecule has 0 radical (unpaired) electrons. The summed E-state index contributed by atoms with van der Waals surface area (Å²) in [6.07, 6.45) is -10.1. The summed E-state index contributed by atoms with van der Waals surface area (Å²) in [4.78, 5) is 47.4. The molecule has 16 heteroatoms. The van der Waals surface area contributed by atoms with Crippen LogP contribution in [0.15, 0.2) is 36.4 Å². The van der Waals surface area contributed by atoms with E-state index in [-0.39, 0.29) is 61.9 Å². The van der Waals surface area contributed by atoms with Crippen LogP contribution in [0.1, 0.15) is 31.8 Å². The average Bonchev–Trinajstić information content (AvgIpc) is 2.99. The average molecular weight is 620 g/mol. The molecule has 10 nitrogen and oxygen atoms in total. The van der Waals surface area contributed by atoms with E-state index in [0.717, 1.165) is 36.4 Å². The van der Waals surface area contributed by atoms with Crippen molar-refractivity contribution in [3.63, 3.8) is 0 Å². The Morgan fingerprint density at radius 2 is 1.23 bits per heavy atom. The normalized spacial score (nSPS) is 19.1. The van der Waals surface area contributed by atoms with Gasteiger partial charge in [-0.25, -0.2) is 9.59 Å². The zero-order chi connectivity index (χ0) is 31.9. The number of hydrogen-bond acceptors (Lipinski definition) is 9. The number of hydrogen-bond donors (Lipinski definition) is 1. The van der Waals surface area contributed by atoms with Gasteiger partial charge in [-0.05, 0) is 36.4 Å². The van der Waals surface area contributed by atoms with E-state index >= 15 is 0 Å². The summed E-state index contributed by atoms with van der Waals surface area (Å²) < 4.78 is 91.5. The molecule has 234 valence electrons. The van der Waals surface area contributed by atoms with E-state index in [4.69, 9.17) is 14.6 Å². The van der Waals surface area contributed by atoms with Gasteiger partial charge in [0, 0.05) is 35.6 Å². The molecule has 2 unspecified atom stereocenters. The number of morpholine rings is 2. The van der Waals surface area contributed by atoms with Gasteiger partial charge in [-0.1, -0.05) is 0 Å². The monoisotopic (exact) mass is 620 g/mol. The summed E-state index contributed by atoms with van der Waals surface area (Å²) in [6, 6.07) is 5.63. The van der Waals surface area contributed by atoms with Gasteiger partial charge in [-0.3, -0.25) is 9.59 Å². The number of halogens is 6. The van der Waals surface area contributed by atoms with Gasteiger partial charge in [-0.2, -0.15) is 26.3 Å². The zero-order valence-electron chi connectivity index (χ0n) is 22.5. The fraction of sp³-hybridized carbons (Fsp3) is 0.407. The lowest BCUT2D eigenvalue weighted by molar-refractivity contribution is -0.154. The lowest BCUT2D eigenvalue weighted by atomic mass is 10.1. The lowest BCUT2D eigenvalue weighted by Crippen LogP contribution is -2.47. The number of ether oxygens (including phenoxy) is 3. The van der Waals surface area contributed by atoms with Crippen LogP contribution in [0, 0.1) is 0 Å². The van der Waals surface area contributed by atoms with Crippen LogP contribution in [0.3, 0.4) is 0 Å². The lowest BCUT2D eigenvalue weighted by Gasteiger charge is -2.34. The number of methoxy groups -OCH3 is 1. The molecule has 2 aromatic carbocycles. The number of carbonyl (C=O) groups excluding carboxylic acids is 3. The van der Waals surface area contributed by atoms with Crippen LogP contribution < -0.4 is 9.80 Å². The van der Waals surface area contributed by atoms with Crippen molar-refractivity contribution in [3.05, 3.63) is 58.7 Å². The molecule has 4 rings (SSSR count). The van der Waals surface area contributed by atoms with Crippen LogP contribution in [0.2, 0.25) is 0 Å². The number of carboxylic acids is 1. The Morgan fingerprint density at radius 1 is 0.814 bits per heavy atom. The molecule has 2 aliphatic rings. The maximum absolute atomic E-state index is 12.8. The summed E-state index contributed by atoms with van der Waals surface area (Å²) in [7, 11) is 1.20. The van der Waals surface area contributed by atoms with E-state index in [9.17, 15) is 45.5 Å². The van der Waals surface area contributed by atoms with Crippen LogP contribution in [-0.2, 0) is 36.2 Å². The Morgan fingerprint density at radius 3 is 1.60 bits per heavy atom. The fourth-order valence-electron chi connectivity index (χ4n) is 4.35. The van der Waals surface area contributed by atoms with Crippen molar-refractivity contribution in [2.24, 2.45) is 0 Å². The van der Waals surface area contributed by atoms with E-state index < -0.39 is 47.6 Å². The summed E-state index contributed by atoms with van der Waals surface area (Å²) in [5.41, 5.74) is -1.35. The standard InChI is InChI=1S/C14H14F3NO4.C13H12F3NO4/c1-21-13(20)12-7-18(4-5-22-12)11-6-10(14(15,16)17)3-2-9(11)8-19;14-13(15,16)9-2-1-8(7-18)10(5-9)17-3-4-21-11(6-17)12(19)20/h2-3,6,8,12H,4-5,7H2,1H3;1-2,5,7,11H,3-4,6H2,(H,19,20). The number of carbonyl (C=O) groups is 4. The molecule has 0 spiro atoms. The number of nitrogens with zero attached hydrogens (tertiary/aromatic N) is 2. The van der Waals surface area contributed by atoms with Crippen molar-refractivity contribution >= 4 is 35.9 Å². The summed E-state index contributed by atoms with van der Waals surface area (Å²) in [5.74, 6) is -1.80. The second kappa shape index (κ2) is 13.9. The van der Waals surface area contributed by atoms with Gasteiger partial charge in [0.05, 0.1) is 44.5 Å². The molecular weight excluding hydrogens is 594 g/mol. The molecule has 0 aliphatic carbocycles. The SMILES string of the molecule is COC(=O)C1CN(c2cc(C(F)(F)F)ccc2C=O)CCO1.O=Cc1ccc(C(F)(F)F)cc1N1CCOC(C(=O)O)C1. The molecule has 2 fully saturated rings. The van der Waals surface area contributed by atoms with Crippen molar-refractivity contribution in [2.45, 2.75) is 24.6 Å². The van der Waals surface area contributed by atoms with Crippen molar-refractivity contribution in [2.75, 3.05) is 56.3 Å². The number of alkyl halides is 6. The molecule has 43 heavy (non-hydrogen) atoms. The minimum absolute atomic E-state index is 0.0226. The highest BCUT2D eigenvalue weighted by Gasteiger charge is 2.35. The van der Waals surface area contributed by atoms with Crippen molar-refractivity contribution < 1.29 is 64.8 Å². The smallest absolute Gasteiger partial charge is 0.416 e. The molecule has 0 amide bonds. The van der Waals surface area contributed by atoms with Crippen LogP contribution in [-0.4, -0.2) is 88.3 Å². The molecule has 2 heterocycles. The number of rotatable bonds is 6. The van der Waals surface area contributed by atoms with E-state index in [1.807, 2.05) is 0 Å². The minimum Gasteiger partial charge on any atom is -0.479 e. The zero-order valence-corrected chi connectivity index (χ0v) is 22.5. The maximum atomic E-state index is 12.8. The Labute approximate surface area is 240 Å². The predicted molar refractivity (Wildman–Crippen MR) is 137 cm³/mol. The third-order valence-electron chi connectivity index (χ3n) is 6.52. The second-order valence-electron chi connectivity index (χ2n) is 9.25. The molecule has 0 bridgehead atoms. The molecule has 2 aromatic rings. The largest absolute Gasteiger partial charge is 0.479 e. The van der Waals surface area contributed by atoms with Crippen molar-refractivity contribution in [1.82, 2.24) is 0 Å². The highest BCUT2D eigenvalue weighted by atomic mass is 19.4. The Kier molecular flexibility index (Phi) is 10.7. The van der Waals surface area contributed by atoms with E-state index in [1.54, 1.807) is 0 Å². The number of aldehydes is 2. The molecule has 2 saturated heterocycles. The van der Waals surface area contributed by atoms with Crippen LogP contribution >= 0.6 is 0 Å². The first kappa shape index (κ1) is 33.3. The van der Waals surface area contributed by atoms with Gasteiger partial charge in [0.2, 0.25) is 0 Å². The first-order valence-corrected chi connectivity index (χ1v) is 12.6. The fourth-order valence-corrected chi connectivity index (χ4v) is 4.35. The van der Waals surface area contributed by atoms with Crippen molar-refractivity contribution in [3.8, 4) is 0 Å². The molecule has 0 aromatic heterocycles. The second-order valence-corrected chi connectivity index (χ2v) is 9.25. The number of aliphatic carboxylic acids is 1. The number of carboxylic acid groups (broad SMARTS) is 1. The van der Waals surface area contributed by atoms with Crippen LogP contribution in [0.5, 0.6) is 0 Å². The number of esters is 1. The predicted octanol–water partition coefficient (Wildman–Crippen LogP) is 3.70. The highest BCUT2D eigenvalue weighted by Crippen LogP contribution is 2.35. The Bertz CT molecular complexity index is 1330. The maximum Gasteiger partial charge on any atom is 0.416 e. The van der Waals surface area contributed by atoms with Gasteiger partial charge in [0.25, 0.3) is 0 Å². The summed E-state index contributed by atoms with van der Waals surface area (Å²) in [6.45, 7) is 0.605. The van der Waals surface area contributed by atoms with Gasteiger partial charge in [0.15, 0.2) is 24.8 Å². The molecular formula is C27H26F6N2O8. The van der Waals surface area contributed by atoms with Crippen molar-refractivity contribution in [1.29, 1.82) is 0 Å². The number of benzene rings is 2. The van der Waals surface area contributed by atoms with E-state index in [0.29, 0.717) is 12.6 Å². The summed E-state index contributed by atoms with van der Waals surface area (Å²) in [5, 5.41) is 8.91. The molecule has 1 N–H and O–H groups in total. The highest BCUT2D eigenvalue weighted by molar-refractivity contribution is 5.86. The van der Waals surface area contributed by atoms with E-state index in [2.05, 4.69) is 4.74 Å². The Balaban J connectivity index is 0.000000236. The molecule has 2 aliphatic heterocycles. The third kappa shape index (κ3) is 8.44. The first-order valence-electron chi connectivity index (χ1n) is 12.6. The van der Waals surface area contributed by atoms with Crippen LogP contribution in [0.4, 0.5) is 37.7 Å². The molecule has 2 atom stereocenters. The first-order chi connectivity index (χ1) is 20.2. The third-order valence-corrected chi connectivity index (χ3v) is 6.52. The number of anilines is 2. The van der Waals surface area contributed by atoms with E-state index in [1.165, 1.54) is 16.9 Å². The van der Waals surface area contributed by atoms with Gasteiger partial charge in [0.1, 0.15) is 0 Å². The quantitative estimate of drug-likeness (QED) is 0.291. The topological polar surface area (TPSA) is 123 Å². The van der Waals surface area contributed by atoms with Crippen LogP contribution in [0.25, 0.3) is 0 Å². The van der Waals surface area contributed by atoms with Gasteiger partial charge < -0.3 is 29.1 Å². The van der Waals surface area contributed by atoms with Gasteiger partial charge >= 0.3 is 24.3 Å². The minimum atomic E-state index is -4.53. The Hall–Kier alpha value is -4.18. The summed E-state index contributed by atoms with van der Waals surface area (Å²) >= 11 is 0. The van der Waals surface area contributed by atoms with Gasteiger partial charge in [-0.15, -0.1) is 0 Å².